The van der Waals surface area contributed by atoms with E-state index in [0.29, 0.717) is 0 Å². The van der Waals surface area contributed by atoms with Gasteiger partial charge in [-0.15, -0.1) is 0 Å². The Morgan fingerprint density at radius 3 is 2.56 bits per heavy atom. The zero-order chi connectivity index (χ0) is 13.2. The highest BCUT2D eigenvalue weighted by molar-refractivity contribution is 5.36. The van der Waals surface area contributed by atoms with Gasteiger partial charge in [-0.25, -0.2) is 0 Å². The first kappa shape index (κ1) is 14.8. The fourth-order valence-corrected chi connectivity index (χ4v) is 1.74. The summed E-state index contributed by atoms with van der Waals surface area (Å²) < 4.78 is 5.30. The molecule has 1 rings (SSSR count). The van der Waals surface area contributed by atoms with Gasteiger partial charge in [0.2, 0.25) is 0 Å². The molecule has 0 saturated heterocycles. The van der Waals surface area contributed by atoms with Gasteiger partial charge in [-0.3, -0.25) is 0 Å². The first-order chi connectivity index (χ1) is 8.80. The fourth-order valence-electron chi connectivity index (χ4n) is 1.74. The van der Waals surface area contributed by atoms with Crippen molar-refractivity contribution >= 4 is 0 Å². The van der Waals surface area contributed by atoms with Gasteiger partial charge in [-0.2, -0.15) is 0 Å². The second kappa shape index (κ2) is 8.74. The van der Waals surface area contributed by atoms with Crippen LogP contribution in [0, 0.1) is 11.8 Å². The third-order valence-corrected chi connectivity index (χ3v) is 2.84. The van der Waals surface area contributed by atoms with E-state index in [9.17, 15) is 0 Å². The molecule has 1 aromatic rings. The summed E-state index contributed by atoms with van der Waals surface area (Å²) in [5.74, 6) is 6.32. The summed E-state index contributed by atoms with van der Waals surface area (Å²) in [6.07, 6.45) is 4.20. The number of hydrogen-bond donors (Lipinski definition) is 1. The van der Waals surface area contributed by atoms with Crippen LogP contribution in [0.4, 0.5) is 0 Å². The molecule has 0 bridgehead atoms. The molecule has 98 valence electrons. The molecule has 1 unspecified atom stereocenters. The van der Waals surface area contributed by atoms with E-state index in [0.717, 1.165) is 37.8 Å². The van der Waals surface area contributed by atoms with Gasteiger partial charge in [0.15, 0.2) is 0 Å². The average Bonchev–Trinajstić information content (AvgIpc) is 2.42. The molecule has 0 radical (unpaired) electrons. The highest BCUT2D eigenvalue weighted by atomic mass is 16.5. The molecular formula is C16H23NO. The van der Waals surface area contributed by atoms with Crippen molar-refractivity contribution in [2.75, 3.05) is 13.7 Å². The molecule has 0 aromatic heterocycles. The van der Waals surface area contributed by atoms with Crippen molar-refractivity contribution < 1.29 is 4.74 Å². The van der Waals surface area contributed by atoms with Crippen LogP contribution in [-0.2, 0) is 11.2 Å². The molecule has 0 aliphatic heterocycles. The van der Waals surface area contributed by atoms with Crippen molar-refractivity contribution in [3.8, 4) is 11.8 Å². The largest absolute Gasteiger partial charge is 0.369 e. The van der Waals surface area contributed by atoms with E-state index < -0.39 is 0 Å². The van der Waals surface area contributed by atoms with Gasteiger partial charge in [-0.1, -0.05) is 37.3 Å². The molecule has 1 aromatic carbocycles. The van der Waals surface area contributed by atoms with E-state index in [1.807, 2.05) is 0 Å². The van der Waals surface area contributed by atoms with E-state index in [4.69, 9.17) is 10.5 Å². The van der Waals surface area contributed by atoms with E-state index in [1.165, 1.54) is 5.56 Å². The predicted octanol–water partition coefficient (Wildman–Crippen LogP) is 2.74. The van der Waals surface area contributed by atoms with Crippen LogP contribution < -0.4 is 5.73 Å². The van der Waals surface area contributed by atoms with Gasteiger partial charge < -0.3 is 10.5 Å². The molecule has 0 fully saturated rings. The van der Waals surface area contributed by atoms with Crippen LogP contribution >= 0.6 is 0 Å². The van der Waals surface area contributed by atoms with Crippen molar-refractivity contribution in [2.24, 2.45) is 5.73 Å². The van der Waals surface area contributed by atoms with Crippen molar-refractivity contribution in [1.82, 2.24) is 0 Å². The maximum absolute atomic E-state index is 5.49. The Bertz CT molecular complexity index is 386. The zero-order valence-electron chi connectivity index (χ0n) is 11.4. The Hall–Kier alpha value is -1.30. The normalized spacial score (nSPS) is 11.7. The molecule has 2 N–H and O–H groups in total. The zero-order valence-corrected chi connectivity index (χ0v) is 11.4. The Labute approximate surface area is 111 Å². The molecule has 0 heterocycles. The minimum atomic E-state index is 0.0481. The van der Waals surface area contributed by atoms with Crippen LogP contribution in [0.2, 0.25) is 0 Å². The summed E-state index contributed by atoms with van der Waals surface area (Å²) in [5, 5.41) is 0. The van der Waals surface area contributed by atoms with Crippen LogP contribution in [0.1, 0.15) is 37.3 Å². The van der Waals surface area contributed by atoms with Crippen molar-refractivity contribution in [3.63, 3.8) is 0 Å². The van der Waals surface area contributed by atoms with Gasteiger partial charge in [0.1, 0.15) is 6.10 Å². The maximum atomic E-state index is 5.49. The molecular weight excluding hydrogens is 222 g/mol. The average molecular weight is 245 g/mol. The van der Waals surface area contributed by atoms with Gasteiger partial charge >= 0.3 is 0 Å². The number of benzene rings is 1. The van der Waals surface area contributed by atoms with Gasteiger partial charge in [0.05, 0.1) is 0 Å². The monoisotopic (exact) mass is 245 g/mol. The van der Waals surface area contributed by atoms with Crippen LogP contribution in [0.5, 0.6) is 0 Å². The number of ether oxygens (including phenoxy) is 1. The topological polar surface area (TPSA) is 35.2 Å². The third kappa shape index (κ3) is 5.35. The summed E-state index contributed by atoms with van der Waals surface area (Å²) in [6.45, 7) is 2.88. The maximum Gasteiger partial charge on any atom is 0.118 e. The molecule has 0 amide bonds. The first-order valence-electron chi connectivity index (χ1n) is 6.63. The van der Waals surface area contributed by atoms with Crippen LogP contribution in [0.25, 0.3) is 0 Å². The summed E-state index contributed by atoms with van der Waals surface area (Å²) in [4.78, 5) is 0. The van der Waals surface area contributed by atoms with E-state index in [1.54, 1.807) is 7.11 Å². The molecule has 18 heavy (non-hydrogen) atoms. The van der Waals surface area contributed by atoms with Crippen LogP contribution in [0.15, 0.2) is 24.3 Å². The van der Waals surface area contributed by atoms with E-state index in [2.05, 4.69) is 43.0 Å². The summed E-state index contributed by atoms with van der Waals surface area (Å²) >= 11 is 0. The van der Waals surface area contributed by atoms with E-state index >= 15 is 0 Å². The van der Waals surface area contributed by atoms with Gasteiger partial charge in [-0.05, 0) is 43.5 Å². The standard InChI is InChI=1S/C16H23NO/c1-3-5-16(18-2)12-11-15-9-7-14(8-10-15)6-4-13-17/h7-10,16H,3-6,13,17H2,1-2H3. The van der Waals surface area contributed by atoms with Crippen molar-refractivity contribution in [1.29, 1.82) is 0 Å². The lowest BCUT2D eigenvalue weighted by Gasteiger charge is -2.05. The third-order valence-electron chi connectivity index (χ3n) is 2.84. The molecule has 2 nitrogen and oxygen atoms in total. The van der Waals surface area contributed by atoms with Gasteiger partial charge in [0.25, 0.3) is 0 Å². The fraction of sp³-hybridized carbons (Fsp3) is 0.500. The second-order valence-corrected chi connectivity index (χ2v) is 4.37. The minimum Gasteiger partial charge on any atom is -0.369 e. The summed E-state index contributed by atoms with van der Waals surface area (Å²) in [5.41, 5.74) is 7.86. The smallest absolute Gasteiger partial charge is 0.118 e. The van der Waals surface area contributed by atoms with Crippen LogP contribution in [0.3, 0.4) is 0 Å². The molecule has 0 saturated carbocycles. The number of methoxy groups -OCH3 is 1. The minimum absolute atomic E-state index is 0.0481. The Morgan fingerprint density at radius 1 is 1.28 bits per heavy atom. The van der Waals surface area contributed by atoms with Gasteiger partial charge in [0, 0.05) is 12.7 Å². The highest BCUT2D eigenvalue weighted by Gasteiger charge is 1.99. The number of hydrogen-bond acceptors (Lipinski definition) is 2. The highest BCUT2D eigenvalue weighted by Crippen LogP contribution is 2.06. The lowest BCUT2D eigenvalue weighted by atomic mass is 10.1. The SMILES string of the molecule is CCCC(C#Cc1ccc(CCCN)cc1)OC. The first-order valence-corrected chi connectivity index (χ1v) is 6.63. The van der Waals surface area contributed by atoms with Crippen molar-refractivity contribution in [3.05, 3.63) is 35.4 Å². The lowest BCUT2D eigenvalue weighted by Crippen LogP contribution is -2.06. The lowest BCUT2D eigenvalue weighted by molar-refractivity contribution is 0.140. The molecule has 1 atom stereocenters. The summed E-state index contributed by atoms with van der Waals surface area (Å²) in [7, 11) is 1.71. The van der Waals surface area contributed by atoms with Crippen LogP contribution in [-0.4, -0.2) is 19.8 Å². The number of rotatable bonds is 6. The molecule has 0 spiro atoms. The molecule has 2 heteroatoms. The van der Waals surface area contributed by atoms with E-state index in [-0.39, 0.29) is 6.10 Å². The number of nitrogens with two attached hydrogens (primary N) is 1. The Balaban J connectivity index is 2.59. The Morgan fingerprint density at radius 2 is 2.00 bits per heavy atom. The number of aryl methyl sites for hydroxylation is 1. The molecule has 0 aliphatic carbocycles. The Kier molecular flexibility index (Phi) is 7.17. The van der Waals surface area contributed by atoms with Crippen molar-refractivity contribution in [2.45, 2.75) is 38.7 Å². The quantitative estimate of drug-likeness (QED) is 0.782. The second-order valence-electron chi connectivity index (χ2n) is 4.37. The molecule has 0 aliphatic rings. The summed E-state index contributed by atoms with van der Waals surface area (Å²) in [6, 6.07) is 8.39. The predicted molar refractivity (Wildman–Crippen MR) is 76.4 cm³/mol.